The van der Waals surface area contributed by atoms with Gasteiger partial charge < -0.3 is 10.1 Å². The Kier molecular flexibility index (Phi) is 5.87. The van der Waals surface area contributed by atoms with Crippen molar-refractivity contribution in [3.8, 4) is 0 Å². The third-order valence-corrected chi connectivity index (χ3v) is 1.69. The number of alkyl halides is 3. The number of carbonyl (C=O) groups is 2. The number of nitrogens with one attached hydrogen (secondary N) is 1. The van der Waals surface area contributed by atoms with Gasteiger partial charge in [-0.2, -0.15) is 13.2 Å². The van der Waals surface area contributed by atoms with E-state index in [4.69, 9.17) is 11.6 Å². The smallest absolute Gasteiger partial charge is 0.467 e. The van der Waals surface area contributed by atoms with Crippen LogP contribution in [0.15, 0.2) is 11.6 Å². The lowest BCUT2D eigenvalue weighted by Crippen LogP contribution is -2.47. The van der Waals surface area contributed by atoms with E-state index < -0.39 is 24.1 Å². The predicted octanol–water partition coefficient (Wildman–Crippen LogP) is 1.35. The Balaban J connectivity index is 4.55. The summed E-state index contributed by atoms with van der Waals surface area (Å²) in [5, 5.41) is 1.49. The van der Waals surface area contributed by atoms with Crippen LogP contribution in [0.5, 0.6) is 0 Å². The molecule has 0 saturated heterocycles. The number of hydrogen-bond acceptors (Lipinski definition) is 3. The maximum atomic E-state index is 11.9. The van der Waals surface area contributed by atoms with Gasteiger partial charge in [-0.3, -0.25) is 4.79 Å². The highest BCUT2D eigenvalue weighted by Gasteiger charge is 2.40. The summed E-state index contributed by atoms with van der Waals surface area (Å²) in [5.41, 5.74) is 1.02. The van der Waals surface area contributed by atoms with Gasteiger partial charge in [0.15, 0.2) is 0 Å². The van der Waals surface area contributed by atoms with Gasteiger partial charge in [-0.05, 0) is 6.42 Å². The van der Waals surface area contributed by atoms with Crippen LogP contribution >= 0.6 is 11.6 Å². The van der Waals surface area contributed by atoms with Crippen molar-refractivity contribution in [2.45, 2.75) is 18.6 Å². The van der Waals surface area contributed by atoms with E-state index in [2.05, 4.69) is 4.74 Å². The fourth-order valence-corrected chi connectivity index (χ4v) is 0.887. The highest BCUT2D eigenvalue weighted by atomic mass is 35.5. The molecule has 0 unspecified atom stereocenters. The molecule has 0 radical (unpaired) electrons. The Hall–Kier alpha value is -1.24. The fraction of sp³-hybridized carbons (Fsp3) is 0.500. The summed E-state index contributed by atoms with van der Waals surface area (Å²) in [6.07, 6.45) is -4.01. The fourth-order valence-electron chi connectivity index (χ4n) is 0.784. The molecule has 0 saturated carbocycles. The molecule has 0 aliphatic heterocycles. The Morgan fingerprint density at radius 1 is 1.50 bits per heavy atom. The number of methoxy groups -OCH3 is 1. The maximum Gasteiger partial charge on any atom is 0.471 e. The van der Waals surface area contributed by atoms with E-state index >= 15 is 0 Å². The van der Waals surface area contributed by atoms with Crippen molar-refractivity contribution >= 4 is 23.5 Å². The number of halogens is 4. The summed E-state index contributed by atoms with van der Waals surface area (Å²) in [5.74, 6) is -3.18. The minimum absolute atomic E-state index is 0.183. The average Bonchev–Trinajstić information content (AvgIpc) is 2.21. The van der Waals surface area contributed by atoms with Crippen molar-refractivity contribution in [3.63, 3.8) is 0 Å². The first kappa shape index (κ1) is 14.8. The molecule has 0 aromatic heterocycles. The zero-order valence-electron chi connectivity index (χ0n) is 8.18. The highest BCUT2D eigenvalue weighted by molar-refractivity contribution is 6.25. The van der Waals surface area contributed by atoms with E-state index in [1.807, 2.05) is 0 Å². The molecule has 1 atom stereocenters. The van der Waals surface area contributed by atoms with Crippen LogP contribution in [-0.4, -0.2) is 31.2 Å². The molecule has 0 spiro atoms. The minimum Gasteiger partial charge on any atom is -0.467 e. The van der Waals surface area contributed by atoms with Crippen molar-refractivity contribution in [1.82, 2.24) is 5.32 Å². The maximum absolute atomic E-state index is 11.9. The van der Waals surface area contributed by atoms with Crippen LogP contribution in [0.4, 0.5) is 13.2 Å². The molecule has 4 nitrogen and oxygen atoms in total. The molecule has 0 aromatic carbocycles. The summed E-state index contributed by atoms with van der Waals surface area (Å²) in [6.45, 7) is 0. The van der Waals surface area contributed by atoms with Crippen LogP contribution in [0.25, 0.3) is 0 Å². The van der Waals surface area contributed by atoms with Crippen LogP contribution in [0.3, 0.4) is 0 Å². The number of rotatable bonds is 4. The first-order chi connectivity index (χ1) is 7.32. The lowest BCUT2D eigenvalue weighted by atomic mass is 10.2. The average molecular weight is 260 g/mol. The molecule has 0 heterocycles. The first-order valence-electron chi connectivity index (χ1n) is 4.03. The number of ether oxygens (including phenoxy) is 1. The molecule has 1 N–H and O–H groups in total. The lowest BCUT2D eigenvalue weighted by molar-refractivity contribution is -0.175. The van der Waals surface area contributed by atoms with Crippen LogP contribution in [0.1, 0.15) is 6.42 Å². The van der Waals surface area contributed by atoms with Gasteiger partial charge in [-0.25, -0.2) is 4.79 Å². The normalized spacial score (nSPS) is 13.6. The second-order valence-electron chi connectivity index (χ2n) is 2.64. The van der Waals surface area contributed by atoms with E-state index in [9.17, 15) is 22.8 Å². The van der Waals surface area contributed by atoms with E-state index in [-0.39, 0.29) is 6.42 Å². The molecule has 92 valence electrons. The molecule has 0 rings (SSSR count). The van der Waals surface area contributed by atoms with Gasteiger partial charge in [0, 0.05) is 5.54 Å². The Bertz CT molecular complexity index is 291. The second-order valence-corrected chi connectivity index (χ2v) is 2.90. The van der Waals surface area contributed by atoms with Crippen molar-refractivity contribution in [3.05, 3.63) is 11.6 Å². The van der Waals surface area contributed by atoms with Crippen molar-refractivity contribution < 1.29 is 27.5 Å². The van der Waals surface area contributed by atoms with Crippen molar-refractivity contribution in [1.29, 1.82) is 0 Å². The van der Waals surface area contributed by atoms with Crippen molar-refractivity contribution in [2.24, 2.45) is 0 Å². The van der Waals surface area contributed by atoms with Crippen LogP contribution < -0.4 is 5.32 Å². The highest BCUT2D eigenvalue weighted by Crippen LogP contribution is 2.15. The SMILES string of the molecule is COC(=O)[C@H](C/C=C\Cl)NC(=O)C(F)(F)F. The van der Waals surface area contributed by atoms with E-state index in [0.29, 0.717) is 0 Å². The van der Waals surface area contributed by atoms with Gasteiger partial charge in [-0.15, -0.1) is 0 Å². The monoisotopic (exact) mass is 259 g/mol. The Morgan fingerprint density at radius 2 is 2.06 bits per heavy atom. The molecule has 0 aromatic rings. The third kappa shape index (κ3) is 5.01. The molecule has 0 aliphatic rings. The summed E-state index contributed by atoms with van der Waals surface area (Å²) >= 11 is 5.15. The van der Waals surface area contributed by atoms with E-state index in [1.54, 1.807) is 0 Å². The quantitative estimate of drug-likeness (QED) is 0.776. The van der Waals surface area contributed by atoms with Crippen molar-refractivity contribution in [2.75, 3.05) is 7.11 Å². The van der Waals surface area contributed by atoms with Gasteiger partial charge in [0.25, 0.3) is 0 Å². The molecule has 8 heteroatoms. The zero-order valence-corrected chi connectivity index (χ0v) is 8.93. The Morgan fingerprint density at radius 3 is 2.44 bits per heavy atom. The first-order valence-corrected chi connectivity index (χ1v) is 4.47. The van der Waals surface area contributed by atoms with E-state index in [1.165, 1.54) is 11.4 Å². The molecule has 0 bridgehead atoms. The predicted molar refractivity (Wildman–Crippen MR) is 49.6 cm³/mol. The van der Waals surface area contributed by atoms with Gasteiger partial charge in [-0.1, -0.05) is 17.7 Å². The van der Waals surface area contributed by atoms with Crippen LogP contribution in [0, 0.1) is 0 Å². The Labute approximate surface area is 94.4 Å². The number of amides is 1. The summed E-state index contributed by atoms with van der Waals surface area (Å²) in [4.78, 5) is 21.6. The molecule has 1 amide bonds. The molecular weight excluding hydrogens is 251 g/mol. The molecule has 0 fully saturated rings. The number of hydrogen-bond donors (Lipinski definition) is 1. The molecule has 0 aliphatic carbocycles. The largest absolute Gasteiger partial charge is 0.471 e. The summed E-state index contributed by atoms with van der Waals surface area (Å²) in [7, 11) is 0.999. The molecular formula is C8H9ClF3NO3. The standard InChI is InChI=1S/C8H9ClF3NO3/c1-16-6(14)5(3-2-4-9)13-7(15)8(10,11)12/h2,4-5H,3H2,1H3,(H,13,15)/b4-2-/t5-/m0/s1. The zero-order chi connectivity index (χ0) is 12.8. The number of esters is 1. The third-order valence-electron chi connectivity index (χ3n) is 1.51. The minimum atomic E-state index is -5.04. The van der Waals surface area contributed by atoms with Crippen LogP contribution in [-0.2, 0) is 14.3 Å². The van der Waals surface area contributed by atoms with Crippen LogP contribution in [0.2, 0.25) is 0 Å². The number of carbonyl (C=O) groups excluding carboxylic acids is 2. The lowest BCUT2D eigenvalue weighted by Gasteiger charge is -2.15. The van der Waals surface area contributed by atoms with Gasteiger partial charge in [0.05, 0.1) is 7.11 Å². The van der Waals surface area contributed by atoms with E-state index in [0.717, 1.165) is 12.6 Å². The summed E-state index contributed by atoms with van der Waals surface area (Å²) < 4.78 is 39.9. The second kappa shape index (κ2) is 6.37. The molecule has 16 heavy (non-hydrogen) atoms. The van der Waals surface area contributed by atoms with Gasteiger partial charge in [0.2, 0.25) is 0 Å². The topological polar surface area (TPSA) is 55.4 Å². The summed E-state index contributed by atoms with van der Waals surface area (Å²) in [6, 6.07) is -1.41. The van der Waals surface area contributed by atoms with Gasteiger partial charge in [0.1, 0.15) is 6.04 Å². The van der Waals surface area contributed by atoms with Gasteiger partial charge >= 0.3 is 18.1 Å².